The molecule has 5 nitrogen and oxygen atoms in total. The van der Waals surface area contributed by atoms with E-state index in [2.05, 4.69) is 5.32 Å². The van der Waals surface area contributed by atoms with Crippen LogP contribution in [0.2, 0.25) is 5.02 Å². The molecule has 0 bridgehead atoms. The van der Waals surface area contributed by atoms with E-state index in [0.717, 1.165) is 0 Å². The molecule has 2 atom stereocenters. The zero-order valence-corrected chi connectivity index (χ0v) is 17.1. The highest BCUT2D eigenvalue weighted by atomic mass is 35.5. The summed E-state index contributed by atoms with van der Waals surface area (Å²) in [6.07, 6.45) is -0.488. The molecule has 1 aliphatic heterocycles. The molecule has 1 amide bonds. The summed E-state index contributed by atoms with van der Waals surface area (Å²) in [4.78, 5) is 26.3. The molecular weight excluding hydrogens is 371 g/mol. The number of halogens is 2. The van der Waals surface area contributed by atoms with Crippen LogP contribution in [0.25, 0.3) is 0 Å². The van der Waals surface area contributed by atoms with Gasteiger partial charge in [-0.3, -0.25) is 14.5 Å². The van der Waals surface area contributed by atoms with Crippen LogP contribution in [-0.4, -0.2) is 56.1 Å². The second-order valence-electron chi connectivity index (χ2n) is 8.06. The maximum Gasteiger partial charge on any atom is 0.251 e. The van der Waals surface area contributed by atoms with E-state index in [4.69, 9.17) is 16.3 Å². The molecule has 2 rings (SSSR count). The summed E-state index contributed by atoms with van der Waals surface area (Å²) in [5, 5.41) is 3.18. The SMILES string of the molecule is COc1cc(Cl)cc(C(=O)NCC2CCN(CC(=O)C(C)(C)C)C[C@H]2F)c1. The molecule has 0 aromatic heterocycles. The number of piperidine rings is 1. The number of amides is 1. The number of Topliss-reactive ketones (excluding diaryl/α,β-unsaturated/α-hetero) is 1. The number of benzene rings is 1. The number of ketones is 1. The molecule has 150 valence electrons. The highest BCUT2D eigenvalue weighted by Crippen LogP contribution is 2.23. The van der Waals surface area contributed by atoms with Gasteiger partial charge in [0, 0.05) is 35.0 Å². The van der Waals surface area contributed by atoms with Crippen molar-refractivity contribution in [1.29, 1.82) is 0 Å². The van der Waals surface area contributed by atoms with Crippen LogP contribution in [0.15, 0.2) is 18.2 Å². The van der Waals surface area contributed by atoms with E-state index in [9.17, 15) is 14.0 Å². The van der Waals surface area contributed by atoms with Gasteiger partial charge >= 0.3 is 0 Å². The Kier molecular flexibility index (Phi) is 7.23. The minimum absolute atomic E-state index is 0.108. The van der Waals surface area contributed by atoms with Crippen LogP contribution in [0, 0.1) is 11.3 Å². The maximum atomic E-state index is 14.5. The van der Waals surface area contributed by atoms with Crippen LogP contribution in [-0.2, 0) is 4.79 Å². The van der Waals surface area contributed by atoms with E-state index in [-0.39, 0.29) is 37.2 Å². The van der Waals surface area contributed by atoms with E-state index in [1.54, 1.807) is 18.2 Å². The number of methoxy groups -OCH3 is 1. The Labute approximate surface area is 165 Å². The van der Waals surface area contributed by atoms with Gasteiger partial charge in [0.05, 0.1) is 13.7 Å². The molecule has 1 aromatic carbocycles. The first-order chi connectivity index (χ1) is 12.6. The highest BCUT2D eigenvalue weighted by Gasteiger charge is 2.32. The standard InChI is InChI=1S/C20H28ClFN2O3/c1-20(2,3)18(25)12-24-6-5-13(17(22)11-24)10-23-19(26)14-7-15(21)9-16(8-14)27-4/h7-9,13,17H,5-6,10-12H2,1-4H3,(H,23,26)/t13?,17-/m1/s1. The van der Waals surface area contributed by atoms with Crippen molar-refractivity contribution in [2.45, 2.75) is 33.4 Å². The smallest absolute Gasteiger partial charge is 0.251 e. The third kappa shape index (κ3) is 6.18. The van der Waals surface area contributed by atoms with Crippen LogP contribution >= 0.6 is 11.6 Å². The zero-order valence-electron chi connectivity index (χ0n) is 16.4. The largest absolute Gasteiger partial charge is 0.497 e. The van der Waals surface area contributed by atoms with Gasteiger partial charge in [0.1, 0.15) is 11.9 Å². The van der Waals surface area contributed by atoms with E-state index in [1.807, 2.05) is 25.7 Å². The number of likely N-dealkylation sites (tertiary alicyclic amines) is 1. The predicted octanol–water partition coefficient (Wildman–Crippen LogP) is 3.35. The molecule has 1 heterocycles. The minimum atomic E-state index is -1.08. The summed E-state index contributed by atoms with van der Waals surface area (Å²) in [7, 11) is 1.50. The molecule has 0 radical (unpaired) electrons. The van der Waals surface area contributed by atoms with Gasteiger partial charge in [-0.15, -0.1) is 0 Å². The van der Waals surface area contributed by atoms with Crippen molar-refractivity contribution in [3.05, 3.63) is 28.8 Å². The van der Waals surface area contributed by atoms with Gasteiger partial charge < -0.3 is 10.1 Å². The minimum Gasteiger partial charge on any atom is -0.497 e. The number of rotatable bonds is 6. The van der Waals surface area contributed by atoms with Gasteiger partial charge in [0.25, 0.3) is 5.91 Å². The molecule has 1 aromatic rings. The highest BCUT2D eigenvalue weighted by molar-refractivity contribution is 6.31. The summed E-state index contributed by atoms with van der Waals surface area (Å²) < 4.78 is 19.6. The van der Waals surface area contributed by atoms with Crippen molar-refractivity contribution >= 4 is 23.3 Å². The van der Waals surface area contributed by atoms with Crippen molar-refractivity contribution in [3.63, 3.8) is 0 Å². The topological polar surface area (TPSA) is 58.6 Å². The third-order valence-electron chi connectivity index (χ3n) is 4.86. The third-order valence-corrected chi connectivity index (χ3v) is 5.08. The lowest BCUT2D eigenvalue weighted by Gasteiger charge is -2.35. The molecular formula is C20H28ClFN2O3. The van der Waals surface area contributed by atoms with Crippen LogP contribution < -0.4 is 10.1 Å². The first-order valence-corrected chi connectivity index (χ1v) is 9.50. The first-order valence-electron chi connectivity index (χ1n) is 9.12. The van der Waals surface area contributed by atoms with Crippen molar-refractivity contribution in [3.8, 4) is 5.75 Å². The monoisotopic (exact) mass is 398 g/mol. The quantitative estimate of drug-likeness (QED) is 0.798. The fourth-order valence-electron chi connectivity index (χ4n) is 2.97. The van der Waals surface area contributed by atoms with Gasteiger partial charge in [-0.2, -0.15) is 0 Å². The molecule has 0 aliphatic carbocycles. The van der Waals surface area contributed by atoms with E-state index >= 15 is 0 Å². The van der Waals surface area contributed by atoms with Crippen LogP contribution in [0.1, 0.15) is 37.6 Å². The summed E-state index contributed by atoms with van der Waals surface area (Å²) in [5.74, 6) is 0.0218. The Hall–Kier alpha value is -1.66. The lowest BCUT2D eigenvalue weighted by Crippen LogP contribution is -2.48. The summed E-state index contributed by atoms with van der Waals surface area (Å²) in [5.41, 5.74) is -0.0442. The number of hydrogen-bond acceptors (Lipinski definition) is 4. The molecule has 0 saturated carbocycles. The first kappa shape index (κ1) is 21.6. The lowest BCUT2D eigenvalue weighted by molar-refractivity contribution is -0.128. The number of nitrogens with one attached hydrogen (secondary N) is 1. The Morgan fingerprint density at radius 3 is 2.63 bits per heavy atom. The number of hydrogen-bond donors (Lipinski definition) is 1. The second kappa shape index (κ2) is 9.02. The van der Waals surface area contributed by atoms with E-state index in [1.165, 1.54) is 7.11 Å². The van der Waals surface area contributed by atoms with Crippen LogP contribution in [0.5, 0.6) is 5.75 Å². The van der Waals surface area contributed by atoms with Crippen molar-refractivity contribution in [1.82, 2.24) is 10.2 Å². The van der Waals surface area contributed by atoms with Crippen LogP contribution in [0.4, 0.5) is 4.39 Å². The number of carbonyl (C=O) groups is 2. The lowest BCUT2D eigenvalue weighted by atomic mass is 9.89. The zero-order chi connectivity index (χ0) is 20.2. The van der Waals surface area contributed by atoms with Crippen molar-refractivity contribution in [2.75, 3.05) is 33.3 Å². The summed E-state index contributed by atoms with van der Waals surface area (Å²) >= 11 is 5.98. The Bertz CT molecular complexity index is 690. The maximum absolute atomic E-state index is 14.5. The predicted molar refractivity (Wildman–Crippen MR) is 104 cm³/mol. The fourth-order valence-corrected chi connectivity index (χ4v) is 3.19. The summed E-state index contributed by atoms with van der Waals surface area (Å²) in [6.45, 7) is 6.99. The Morgan fingerprint density at radius 1 is 1.33 bits per heavy atom. The fraction of sp³-hybridized carbons (Fsp3) is 0.600. The van der Waals surface area contributed by atoms with Gasteiger partial charge in [-0.1, -0.05) is 32.4 Å². The molecule has 7 heteroatoms. The van der Waals surface area contributed by atoms with Crippen LogP contribution in [0.3, 0.4) is 0 Å². The average Bonchev–Trinajstić information content (AvgIpc) is 2.59. The van der Waals surface area contributed by atoms with Crippen molar-refractivity contribution < 1.29 is 18.7 Å². The normalized spacial score (nSPS) is 21.0. The van der Waals surface area contributed by atoms with Gasteiger partial charge in [0.15, 0.2) is 5.78 Å². The molecule has 1 unspecified atom stereocenters. The van der Waals surface area contributed by atoms with E-state index in [0.29, 0.717) is 29.3 Å². The molecule has 27 heavy (non-hydrogen) atoms. The number of nitrogens with zero attached hydrogens (tertiary/aromatic N) is 1. The molecule has 1 fully saturated rings. The molecule has 1 N–H and O–H groups in total. The van der Waals surface area contributed by atoms with Gasteiger partial charge in [-0.25, -0.2) is 4.39 Å². The molecule has 1 aliphatic rings. The number of alkyl halides is 1. The number of carbonyl (C=O) groups excluding carboxylic acids is 2. The average molecular weight is 399 g/mol. The second-order valence-corrected chi connectivity index (χ2v) is 8.50. The Morgan fingerprint density at radius 2 is 2.04 bits per heavy atom. The van der Waals surface area contributed by atoms with Crippen molar-refractivity contribution in [2.24, 2.45) is 11.3 Å². The van der Waals surface area contributed by atoms with Gasteiger partial charge in [-0.05, 0) is 31.2 Å². The Balaban J connectivity index is 1.86. The molecule has 0 spiro atoms. The van der Waals surface area contributed by atoms with Gasteiger partial charge in [0.2, 0.25) is 0 Å². The number of ether oxygens (including phenoxy) is 1. The summed E-state index contributed by atoms with van der Waals surface area (Å²) in [6, 6.07) is 4.76. The van der Waals surface area contributed by atoms with E-state index < -0.39 is 11.6 Å². The molecule has 1 saturated heterocycles.